The van der Waals surface area contributed by atoms with Crippen LogP contribution in [0.15, 0.2) is 24.3 Å². The molecule has 5 amide bonds. The normalized spacial score (nSPS) is 26.0. The first-order valence-electron chi connectivity index (χ1n) is 22.1. The van der Waals surface area contributed by atoms with Crippen LogP contribution in [0.25, 0.3) is 0 Å². The topological polar surface area (TPSA) is 256 Å². The van der Waals surface area contributed by atoms with Crippen LogP contribution in [0.1, 0.15) is 111 Å². The number of carbonyl (C=O) groups is 7. The summed E-state index contributed by atoms with van der Waals surface area (Å²) in [6, 6.07) is 2.18. The molecule has 2 heterocycles. The zero-order valence-corrected chi connectivity index (χ0v) is 37.4. The Hall–Kier alpha value is -4.55. The predicted molar refractivity (Wildman–Crippen MR) is 229 cm³/mol. The molecule has 2 saturated heterocycles. The number of likely N-dealkylation sites (tertiary alicyclic amines) is 1. The molecule has 62 heavy (non-hydrogen) atoms. The smallest absolute Gasteiger partial charge is 0.481 e. The maximum Gasteiger partial charge on any atom is 0.481 e. The highest BCUT2D eigenvalue weighted by Crippen LogP contribution is 2.65. The summed E-state index contributed by atoms with van der Waals surface area (Å²) in [5.41, 5.74) is 7.59. The van der Waals surface area contributed by atoms with Crippen LogP contribution in [0.3, 0.4) is 0 Å². The van der Waals surface area contributed by atoms with E-state index in [-0.39, 0.29) is 30.4 Å². The molecule has 0 spiro atoms. The number of amides is 5. The minimum Gasteiger partial charge on any atom is -0.481 e. The van der Waals surface area contributed by atoms with Crippen molar-refractivity contribution >= 4 is 48.6 Å². The van der Waals surface area contributed by atoms with Crippen LogP contribution < -0.4 is 27.0 Å². The van der Waals surface area contributed by atoms with E-state index in [1.165, 1.54) is 4.90 Å². The molecule has 0 unspecified atom stereocenters. The van der Waals surface area contributed by atoms with Crippen molar-refractivity contribution in [2.75, 3.05) is 6.54 Å². The molecule has 3 saturated carbocycles. The van der Waals surface area contributed by atoms with Crippen LogP contribution in [-0.2, 0) is 49.3 Å². The fraction of sp³-hybridized carbons (Fsp3) is 0.705. The van der Waals surface area contributed by atoms with E-state index in [1.807, 2.05) is 6.92 Å². The highest BCUT2D eigenvalue weighted by atomic mass is 16.7. The van der Waals surface area contributed by atoms with E-state index in [0.717, 1.165) is 24.0 Å². The summed E-state index contributed by atoms with van der Waals surface area (Å²) in [6.45, 7) is 15.9. The number of benzene rings is 1. The highest BCUT2D eigenvalue weighted by molar-refractivity contribution is 6.48. The lowest BCUT2D eigenvalue weighted by molar-refractivity contribution is -0.199. The van der Waals surface area contributed by atoms with Crippen LogP contribution >= 0.6 is 0 Å². The quantitative estimate of drug-likeness (QED) is 0.0931. The van der Waals surface area contributed by atoms with E-state index in [2.05, 4.69) is 66.3 Å². The third kappa shape index (κ3) is 11.0. The van der Waals surface area contributed by atoms with Crippen LogP contribution in [0.2, 0.25) is 0 Å². The van der Waals surface area contributed by atoms with Gasteiger partial charge in [-0.2, -0.15) is 0 Å². The summed E-state index contributed by atoms with van der Waals surface area (Å²) >= 11 is 0. The Morgan fingerprint density at radius 3 is 2.10 bits per heavy atom. The second-order valence-corrected chi connectivity index (χ2v) is 19.3. The van der Waals surface area contributed by atoms with Gasteiger partial charge >= 0.3 is 19.1 Å². The second kappa shape index (κ2) is 19.9. The van der Waals surface area contributed by atoms with E-state index in [9.17, 15) is 38.7 Å². The first-order valence-corrected chi connectivity index (χ1v) is 22.1. The molecule has 10 atom stereocenters. The minimum atomic E-state index is -1.51. The van der Waals surface area contributed by atoms with E-state index < -0.39 is 109 Å². The molecule has 342 valence electrons. The van der Waals surface area contributed by atoms with Gasteiger partial charge in [0.25, 0.3) is 0 Å². The molecule has 2 aliphatic heterocycles. The number of hydrogen-bond acceptors (Lipinski definition) is 10. The molecule has 2 bridgehead atoms. The lowest BCUT2D eigenvalue weighted by atomic mass is 9.43. The molecule has 1 aromatic rings. The van der Waals surface area contributed by atoms with Crippen molar-refractivity contribution in [3.05, 3.63) is 35.4 Å². The van der Waals surface area contributed by atoms with Gasteiger partial charge in [0.05, 0.1) is 30.1 Å². The fourth-order valence-electron chi connectivity index (χ4n) is 9.83. The van der Waals surface area contributed by atoms with Gasteiger partial charge in [-0.15, -0.1) is 0 Å². The van der Waals surface area contributed by atoms with Crippen LogP contribution in [-0.4, -0.2) is 118 Å². The molecule has 0 aromatic heterocycles. The van der Waals surface area contributed by atoms with Crippen molar-refractivity contribution in [3.63, 3.8) is 0 Å². The minimum absolute atomic E-state index is 0.0843. The van der Waals surface area contributed by atoms with Gasteiger partial charge in [0.2, 0.25) is 29.5 Å². The molecule has 1 aromatic carbocycles. The van der Waals surface area contributed by atoms with Gasteiger partial charge < -0.3 is 51.4 Å². The van der Waals surface area contributed by atoms with E-state index in [0.29, 0.717) is 37.5 Å². The third-order valence-corrected chi connectivity index (χ3v) is 13.8. The summed E-state index contributed by atoms with van der Waals surface area (Å²) < 4.78 is 13.5. The summed E-state index contributed by atoms with van der Waals surface area (Å²) in [7, 11) is -0.676. The van der Waals surface area contributed by atoms with Gasteiger partial charge in [0.15, 0.2) is 0 Å². The number of nitrogens with one attached hydrogen (secondary N) is 4. The molecule has 17 nitrogen and oxygen atoms in total. The number of carbonyl (C=O) groups excluding carboxylic acids is 5. The van der Waals surface area contributed by atoms with Gasteiger partial charge in [-0.3, -0.25) is 33.6 Å². The van der Waals surface area contributed by atoms with Crippen LogP contribution in [0.4, 0.5) is 0 Å². The SMILES string of the molecule is Cc1ccc(CC[C@H](NC(=O)[C@@H]2CCCN2C(=O)[C@@H](NC(=O)[C@@H](NC(=O)[C@H](CCC(=O)O)NC(=O)[C@@H](N)CC(=O)O)C(C)C)C(C)C)B2O[C@H]3C[C@@H]4C[C@@H](C4(C)C)[C@@]3(C)O2)cc1. The Balaban J connectivity index is 1.28. The fourth-order valence-corrected chi connectivity index (χ4v) is 9.83. The average Bonchev–Trinajstić information content (AvgIpc) is 3.83. The van der Waals surface area contributed by atoms with Crippen molar-refractivity contribution in [2.24, 2.45) is 34.8 Å². The number of hydrogen-bond donors (Lipinski definition) is 7. The summed E-state index contributed by atoms with van der Waals surface area (Å²) in [6.07, 6.45) is 2.48. The molecule has 8 N–H and O–H groups in total. The van der Waals surface area contributed by atoms with Crippen LogP contribution in [0, 0.1) is 36.0 Å². The maximum absolute atomic E-state index is 14.4. The molecule has 5 fully saturated rings. The zero-order chi connectivity index (χ0) is 45.8. The molecule has 0 radical (unpaired) electrons. The molecule has 18 heteroatoms. The summed E-state index contributed by atoms with van der Waals surface area (Å²) in [5.74, 6) is -6.52. The van der Waals surface area contributed by atoms with Gasteiger partial charge in [-0.05, 0) is 93.4 Å². The second-order valence-electron chi connectivity index (χ2n) is 19.3. The van der Waals surface area contributed by atoms with Gasteiger partial charge in [-0.1, -0.05) is 71.4 Å². The number of rotatable bonds is 20. The first-order chi connectivity index (χ1) is 29.0. The number of carboxylic acid groups (broad SMARTS) is 2. The largest absolute Gasteiger partial charge is 0.481 e. The molecule has 5 aliphatic rings. The van der Waals surface area contributed by atoms with Gasteiger partial charge in [0, 0.05) is 13.0 Å². The van der Waals surface area contributed by atoms with Gasteiger partial charge in [-0.25, -0.2) is 0 Å². The Bertz CT molecular complexity index is 1840. The van der Waals surface area contributed by atoms with Crippen LogP contribution in [0.5, 0.6) is 0 Å². The molecule has 6 rings (SSSR count). The lowest BCUT2D eigenvalue weighted by Gasteiger charge is -2.64. The number of nitrogens with two attached hydrogens (primary N) is 1. The summed E-state index contributed by atoms with van der Waals surface area (Å²) in [4.78, 5) is 92.8. The Kier molecular flexibility index (Phi) is 15.5. The van der Waals surface area contributed by atoms with Crippen molar-refractivity contribution in [1.82, 2.24) is 26.2 Å². The van der Waals surface area contributed by atoms with Crippen molar-refractivity contribution < 1.29 is 53.1 Å². The Morgan fingerprint density at radius 1 is 0.855 bits per heavy atom. The third-order valence-electron chi connectivity index (χ3n) is 13.8. The van der Waals surface area contributed by atoms with Crippen molar-refractivity contribution in [1.29, 1.82) is 0 Å². The standard InChI is InChI=1S/C44H67BN6O11/c1-23(2)36(49-39(57)29(16-18-34(52)53)47-38(56)28(46)22-35(54)55)41(59)50-37(24(3)4)42(60)51-19-9-10-30(51)40(58)48-33(17-15-26-13-11-25(5)12-14-26)45-61-32-21-27-20-31(43(27,6)7)44(32,8)62-45/h11-14,23-24,27-33,36-37H,9-10,15-22,46H2,1-8H3,(H,47,56)(H,48,58)(H,49,57)(H,50,59)(H,52,53)(H,54,55)/t27-,28-,29-,30-,31-,32-,33-,36-,37-,44+/m0/s1. The zero-order valence-electron chi connectivity index (χ0n) is 37.4. The lowest BCUT2D eigenvalue weighted by Crippen LogP contribution is -2.65. The van der Waals surface area contributed by atoms with Crippen molar-refractivity contribution in [2.45, 2.75) is 161 Å². The predicted octanol–water partition coefficient (Wildman–Crippen LogP) is 2.10. The summed E-state index contributed by atoms with van der Waals surface area (Å²) in [5, 5.41) is 29.2. The average molecular weight is 867 g/mol. The number of aliphatic carboxylic acids is 2. The monoisotopic (exact) mass is 866 g/mol. The highest BCUT2D eigenvalue weighted by Gasteiger charge is 2.68. The van der Waals surface area contributed by atoms with E-state index in [4.69, 9.17) is 20.1 Å². The Morgan fingerprint density at radius 2 is 1.50 bits per heavy atom. The van der Waals surface area contributed by atoms with E-state index in [1.54, 1.807) is 27.7 Å². The number of nitrogens with zero attached hydrogens (tertiary/aromatic N) is 1. The number of carboxylic acids is 2. The molecular formula is C44H67BN6O11. The Labute approximate surface area is 364 Å². The van der Waals surface area contributed by atoms with Crippen molar-refractivity contribution in [3.8, 4) is 0 Å². The molecular weight excluding hydrogens is 799 g/mol. The van der Waals surface area contributed by atoms with E-state index >= 15 is 0 Å². The maximum atomic E-state index is 14.4. The number of aryl methyl sites for hydroxylation is 2. The first kappa shape index (κ1) is 48.5. The van der Waals surface area contributed by atoms with Gasteiger partial charge in [0.1, 0.15) is 24.2 Å². The molecule has 3 aliphatic carbocycles.